The maximum absolute atomic E-state index is 10.9. The minimum Gasteiger partial charge on any atom is -0.275 e. The quantitative estimate of drug-likeness (QED) is 0.675. The zero-order chi connectivity index (χ0) is 9.14. The zero-order valence-corrected chi connectivity index (χ0v) is 7.93. The Hall–Kier alpha value is -0.830. The number of hydrogen-bond acceptors (Lipinski definition) is 2. The molecule has 0 N–H and O–H groups in total. The summed E-state index contributed by atoms with van der Waals surface area (Å²) in [6.07, 6.45) is 3.33. The van der Waals surface area contributed by atoms with E-state index in [2.05, 4.69) is 12.0 Å². The second-order valence-electron chi connectivity index (χ2n) is 2.65. The van der Waals surface area contributed by atoms with E-state index in [-0.39, 0.29) is 0 Å². The number of aromatic nitrogens is 2. The monoisotopic (exact) mass is 186 g/mol. The highest BCUT2D eigenvalue weighted by Gasteiger charge is 2.12. The lowest BCUT2D eigenvalue weighted by Gasteiger charge is -2.00. The summed E-state index contributed by atoms with van der Waals surface area (Å²) in [6, 6.07) is 0. The highest BCUT2D eigenvalue weighted by atomic mass is 35.5. The SMILES string of the molecule is CCCc1c(C(=O)Cl)cnn1C. The summed E-state index contributed by atoms with van der Waals surface area (Å²) < 4.78 is 1.69. The molecule has 0 bridgehead atoms. The molecule has 1 rings (SSSR count). The Bertz CT molecular complexity index is 293. The van der Waals surface area contributed by atoms with Crippen LogP contribution in [0.25, 0.3) is 0 Å². The number of nitrogens with zero attached hydrogens (tertiary/aromatic N) is 2. The third kappa shape index (κ3) is 1.67. The van der Waals surface area contributed by atoms with Crippen LogP contribution in [0.15, 0.2) is 6.20 Å². The van der Waals surface area contributed by atoms with Gasteiger partial charge in [-0.15, -0.1) is 0 Å². The molecule has 0 aliphatic heterocycles. The molecule has 1 heterocycles. The van der Waals surface area contributed by atoms with Gasteiger partial charge in [0.15, 0.2) is 0 Å². The second-order valence-corrected chi connectivity index (χ2v) is 3.00. The third-order valence-corrected chi connectivity index (χ3v) is 1.96. The van der Waals surface area contributed by atoms with Crippen molar-refractivity contribution in [2.75, 3.05) is 0 Å². The van der Waals surface area contributed by atoms with Gasteiger partial charge < -0.3 is 0 Å². The molecular formula is C8H11ClN2O. The standard InChI is InChI=1S/C8H11ClN2O/c1-3-4-7-6(8(9)12)5-10-11(7)2/h5H,3-4H2,1-2H3. The van der Waals surface area contributed by atoms with Gasteiger partial charge in [0, 0.05) is 7.05 Å². The van der Waals surface area contributed by atoms with Gasteiger partial charge in [-0.2, -0.15) is 5.10 Å². The first-order chi connectivity index (χ1) is 5.66. The topological polar surface area (TPSA) is 34.9 Å². The maximum Gasteiger partial charge on any atom is 0.255 e. The highest BCUT2D eigenvalue weighted by Crippen LogP contribution is 2.12. The van der Waals surface area contributed by atoms with E-state index in [4.69, 9.17) is 11.6 Å². The molecule has 0 unspecified atom stereocenters. The van der Waals surface area contributed by atoms with E-state index in [0.717, 1.165) is 18.5 Å². The highest BCUT2D eigenvalue weighted by molar-refractivity contribution is 6.67. The molecule has 3 nitrogen and oxygen atoms in total. The summed E-state index contributed by atoms with van der Waals surface area (Å²) >= 11 is 5.37. The van der Waals surface area contributed by atoms with Gasteiger partial charge in [0.1, 0.15) is 0 Å². The molecule has 1 aromatic heterocycles. The lowest BCUT2D eigenvalue weighted by Crippen LogP contribution is -2.01. The molecule has 0 spiro atoms. The van der Waals surface area contributed by atoms with Crippen LogP contribution in [0.5, 0.6) is 0 Å². The lowest BCUT2D eigenvalue weighted by atomic mass is 10.2. The van der Waals surface area contributed by atoms with E-state index >= 15 is 0 Å². The Morgan fingerprint density at radius 2 is 2.42 bits per heavy atom. The Balaban J connectivity index is 3.03. The van der Waals surface area contributed by atoms with Crippen molar-refractivity contribution in [1.29, 1.82) is 0 Å². The molecule has 1 aromatic rings. The molecule has 0 saturated heterocycles. The Labute approximate surface area is 76.3 Å². The Kier molecular flexibility index (Phi) is 2.87. The van der Waals surface area contributed by atoms with E-state index < -0.39 is 5.24 Å². The molecule has 0 fully saturated rings. The van der Waals surface area contributed by atoms with Gasteiger partial charge in [-0.3, -0.25) is 9.48 Å². The molecule has 4 heteroatoms. The zero-order valence-electron chi connectivity index (χ0n) is 7.17. The summed E-state index contributed by atoms with van der Waals surface area (Å²) in [7, 11) is 1.81. The van der Waals surface area contributed by atoms with Gasteiger partial charge in [-0.05, 0) is 18.0 Å². The summed E-state index contributed by atoms with van der Waals surface area (Å²) in [5.41, 5.74) is 1.44. The number of rotatable bonds is 3. The van der Waals surface area contributed by atoms with Crippen LogP contribution in [0, 0.1) is 0 Å². The largest absolute Gasteiger partial charge is 0.275 e. The summed E-state index contributed by atoms with van der Waals surface area (Å²) in [5.74, 6) is 0. The molecule has 0 atom stereocenters. The van der Waals surface area contributed by atoms with Gasteiger partial charge in [0.2, 0.25) is 0 Å². The fourth-order valence-electron chi connectivity index (χ4n) is 1.16. The van der Waals surface area contributed by atoms with Gasteiger partial charge >= 0.3 is 0 Å². The van der Waals surface area contributed by atoms with Gasteiger partial charge in [0.25, 0.3) is 5.24 Å². The molecular weight excluding hydrogens is 176 g/mol. The molecule has 0 radical (unpaired) electrons. The second kappa shape index (κ2) is 3.72. The van der Waals surface area contributed by atoms with Crippen molar-refractivity contribution in [2.45, 2.75) is 19.8 Å². The molecule has 12 heavy (non-hydrogen) atoms. The fraction of sp³-hybridized carbons (Fsp3) is 0.500. The van der Waals surface area contributed by atoms with Gasteiger partial charge in [-0.25, -0.2) is 0 Å². The minimum atomic E-state index is -0.424. The normalized spacial score (nSPS) is 10.2. The average Bonchev–Trinajstić information content (AvgIpc) is 2.34. The summed E-state index contributed by atoms with van der Waals surface area (Å²) in [6.45, 7) is 2.05. The minimum absolute atomic E-state index is 0.424. The van der Waals surface area contributed by atoms with Crippen molar-refractivity contribution in [3.63, 3.8) is 0 Å². The molecule has 0 aliphatic rings. The molecule has 0 aliphatic carbocycles. The van der Waals surface area contributed by atoms with Crippen molar-refractivity contribution >= 4 is 16.8 Å². The van der Waals surface area contributed by atoms with Crippen LogP contribution in [0.4, 0.5) is 0 Å². The van der Waals surface area contributed by atoms with Crippen LogP contribution in [-0.2, 0) is 13.5 Å². The van der Waals surface area contributed by atoms with Crippen molar-refractivity contribution < 1.29 is 4.79 Å². The van der Waals surface area contributed by atoms with Crippen molar-refractivity contribution in [3.8, 4) is 0 Å². The van der Waals surface area contributed by atoms with E-state index in [1.165, 1.54) is 6.20 Å². The number of carbonyl (C=O) groups excluding carboxylic acids is 1. The molecule has 0 amide bonds. The fourth-order valence-corrected chi connectivity index (χ4v) is 1.32. The average molecular weight is 187 g/mol. The first-order valence-electron chi connectivity index (χ1n) is 3.87. The van der Waals surface area contributed by atoms with Crippen LogP contribution < -0.4 is 0 Å². The number of halogens is 1. The van der Waals surface area contributed by atoms with Crippen molar-refractivity contribution in [3.05, 3.63) is 17.5 Å². The number of carbonyl (C=O) groups is 1. The molecule has 0 saturated carbocycles. The smallest absolute Gasteiger partial charge is 0.255 e. The van der Waals surface area contributed by atoms with Crippen molar-refractivity contribution in [2.24, 2.45) is 7.05 Å². The maximum atomic E-state index is 10.9. The first-order valence-corrected chi connectivity index (χ1v) is 4.25. The van der Waals surface area contributed by atoms with E-state index in [9.17, 15) is 4.79 Å². The van der Waals surface area contributed by atoms with Crippen molar-refractivity contribution in [1.82, 2.24) is 9.78 Å². The predicted octanol–water partition coefficient (Wildman–Crippen LogP) is 1.75. The Morgan fingerprint density at radius 3 is 2.92 bits per heavy atom. The van der Waals surface area contributed by atoms with Gasteiger partial charge in [-0.1, -0.05) is 13.3 Å². The predicted molar refractivity (Wildman–Crippen MR) is 47.4 cm³/mol. The van der Waals surface area contributed by atoms with Crippen LogP contribution in [0.2, 0.25) is 0 Å². The third-order valence-electron chi connectivity index (χ3n) is 1.76. The number of aryl methyl sites for hydroxylation is 1. The first kappa shape index (κ1) is 9.26. The van der Waals surface area contributed by atoms with Crippen LogP contribution in [0.1, 0.15) is 29.4 Å². The van der Waals surface area contributed by atoms with Crippen LogP contribution in [-0.4, -0.2) is 15.0 Å². The van der Waals surface area contributed by atoms with Crippen LogP contribution in [0.3, 0.4) is 0 Å². The lowest BCUT2D eigenvalue weighted by molar-refractivity contribution is 0.108. The van der Waals surface area contributed by atoms with E-state index in [1.54, 1.807) is 4.68 Å². The van der Waals surface area contributed by atoms with E-state index in [1.807, 2.05) is 7.05 Å². The summed E-state index contributed by atoms with van der Waals surface area (Å²) in [4.78, 5) is 10.9. The molecule has 66 valence electrons. The van der Waals surface area contributed by atoms with Crippen LogP contribution >= 0.6 is 11.6 Å². The molecule has 0 aromatic carbocycles. The summed E-state index contributed by atoms with van der Waals surface area (Å²) in [5, 5.41) is 3.54. The number of hydrogen-bond donors (Lipinski definition) is 0. The van der Waals surface area contributed by atoms with E-state index in [0.29, 0.717) is 5.56 Å². The van der Waals surface area contributed by atoms with Gasteiger partial charge in [0.05, 0.1) is 17.5 Å². The Morgan fingerprint density at radius 1 is 1.75 bits per heavy atom.